The normalized spacial score (nSPS) is 14.1. The Balaban J connectivity index is 1.58. The molecule has 35 heavy (non-hydrogen) atoms. The number of halogens is 4. The first-order chi connectivity index (χ1) is 16.7. The summed E-state index contributed by atoms with van der Waals surface area (Å²) in [6.45, 7) is -0.824. The molecule has 11 heteroatoms. The lowest BCUT2D eigenvalue weighted by molar-refractivity contribution is -0.0515. The van der Waals surface area contributed by atoms with Crippen molar-refractivity contribution >= 4 is 29.1 Å². The summed E-state index contributed by atoms with van der Waals surface area (Å²) < 4.78 is 41.7. The lowest BCUT2D eigenvalue weighted by Gasteiger charge is -2.12. The highest BCUT2D eigenvalue weighted by Crippen LogP contribution is 2.37. The van der Waals surface area contributed by atoms with Gasteiger partial charge in [0.15, 0.2) is 23.0 Å². The molecule has 1 fully saturated rings. The molecule has 1 aliphatic rings. The van der Waals surface area contributed by atoms with E-state index in [1.807, 2.05) is 0 Å². The van der Waals surface area contributed by atoms with Crippen LogP contribution >= 0.6 is 23.2 Å². The molecule has 3 aromatic rings. The van der Waals surface area contributed by atoms with E-state index in [2.05, 4.69) is 15.0 Å². The average Bonchev–Trinajstić information content (AvgIpc) is 3.52. The van der Waals surface area contributed by atoms with Gasteiger partial charge < -0.3 is 24.9 Å². The summed E-state index contributed by atoms with van der Waals surface area (Å²) in [6, 6.07) is 8.65. The van der Waals surface area contributed by atoms with E-state index in [-0.39, 0.29) is 35.4 Å². The van der Waals surface area contributed by atoms with Crippen molar-refractivity contribution in [3.05, 3.63) is 63.5 Å². The summed E-state index contributed by atoms with van der Waals surface area (Å²) >= 11 is 12.1. The maximum Gasteiger partial charge on any atom is 0.387 e. The molecule has 0 unspecified atom stereocenters. The van der Waals surface area contributed by atoms with Gasteiger partial charge in [0, 0.05) is 22.2 Å². The van der Waals surface area contributed by atoms with Gasteiger partial charge in [-0.2, -0.15) is 8.78 Å². The van der Waals surface area contributed by atoms with E-state index in [4.69, 9.17) is 38.1 Å². The van der Waals surface area contributed by atoms with Gasteiger partial charge in [0.25, 0.3) is 5.91 Å². The molecule has 186 valence electrons. The van der Waals surface area contributed by atoms with Gasteiger partial charge in [0.1, 0.15) is 0 Å². The Morgan fingerprint density at radius 2 is 2.00 bits per heavy atom. The molecule has 2 aromatic carbocycles. The SMILES string of the molecule is C[C@H](N)c1oc(-c2ccc(OC(F)F)c(OCC3CC3)c2)nc1C(=O)NCc1ccc(Cl)cc1Cl. The molecule has 3 N–H and O–H groups in total. The fraction of sp³-hybridized carbons (Fsp3) is 0.333. The van der Waals surface area contributed by atoms with Crippen LogP contribution in [0, 0.1) is 5.92 Å². The number of carbonyl (C=O) groups excluding carboxylic acids is 1. The molecule has 1 saturated carbocycles. The minimum Gasteiger partial charge on any atom is -0.489 e. The Bertz CT molecular complexity index is 1220. The van der Waals surface area contributed by atoms with Crippen LogP contribution in [-0.2, 0) is 6.54 Å². The van der Waals surface area contributed by atoms with Crippen LogP contribution in [0.5, 0.6) is 11.5 Å². The number of rotatable bonds is 10. The monoisotopic (exact) mass is 525 g/mol. The molecule has 0 spiro atoms. The third kappa shape index (κ3) is 6.42. The number of aromatic nitrogens is 1. The number of alkyl halides is 2. The molecule has 1 aromatic heterocycles. The lowest BCUT2D eigenvalue weighted by Crippen LogP contribution is -2.25. The van der Waals surface area contributed by atoms with Crippen molar-refractivity contribution in [2.24, 2.45) is 11.7 Å². The number of oxazole rings is 1. The van der Waals surface area contributed by atoms with E-state index in [0.717, 1.165) is 12.8 Å². The van der Waals surface area contributed by atoms with Crippen molar-refractivity contribution in [2.45, 2.75) is 39.0 Å². The highest BCUT2D eigenvalue weighted by Gasteiger charge is 2.26. The molecule has 7 nitrogen and oxygen atoms in total. The van der Waals surface area contributed by atoms with E-state index < -0.39 is 18.6 Å². The second kappa shape index (κ2) is 10.8. The van der Waals surface area contributed by atoms with Gasteiger partial charge >= 0.3 is 6.61 Å². The van der Waals surface area contributed by atoms with Crippen molar-refractivity contribution in [2.75, 3.05) is 6.61 Å². The molecular formula is C24H23Cl2F2N3O4. The first-order valence-corrected chi connectivity index (χ1v) is 11.7. The number of hydrogen-bond acceptors (Lipinski definition) is 6. The zero-order valence-electron chi connectivity index (χ0n) is 18.7. The second-order valence-corrected chi connectivity index (χ2v) is 9.08. The standard InChI is InChI=1S/C24H23Cl2F2N3O4/c1-12(29)21-20(22(32)30-10-15-4-6-16(25)9-17(15)26)31-23(35-21)14-5-7-18(34-24(27)28)19(8-14)33-11-13-2-3-13/h4-9,12-13,24H,2-3,10-11,29H2,1H3,(H,30,32)/t12-/m0/s1. The minimum atomic E-state index is -3.00. The highest BCUT2D eigenvalue weighted by atomic mass is 35.5. The number of benzene rings is 2. The Labute approximate surface area is 210 Å². The predicted octanol–water partition coefficient (Wildman–Crippen LogP) is 5.99. The van der Waals surface area contributed by atoms with Gasteiger partial charge in [-0.15, -0.1) is 0 Å². The summed E-state index contributed by atoms with van der Waals surface area (Å²) in [5.74, 6) is 0.190. The quantitative estimate of drug-likeness (QED) is 0.337. The van der Waals surface area contributed by atoms with Gasteiger partial charge in [-0.05, 0) is 61.6 Å². The highest BCUT2D eigenvalue weighted by molar-refractivity contribution is 6.35. The summed E-state index contributed by atoms with van der Waals surface area (Å²) in [4.78, 5) is 17.2. The fourth-order valence-corrected chi connectivity index (χ4v) is 3.77. The molecule has 0 aliphatic heterocycles. The Morgan fingerprint density at radius 1 is 1.23 bits per heavy atom. The van der Waals surface area contributed by atoms with Gasteiger partial charge in [-0.3, -0.25) is 4.79 Å². The largest absolute Gasteiger partial charge is 0.489 e. The van der Waals surface area contributed by atoms with Gasteiger partial charge in [0.2, 0.25) is 5.89 Å². The van der Waals surface area contributed by atoms with Crippen molar-refractivity contribution < 1.29 is 27.5 Å². The van der Waals surface area contributed by atoms with E-state index in [1.54, 1.807) is 25.1 Å². The predicted molar refractivity (Wildman–Crippen MR) is 127 cm³/mol. The third-order valence-corrected chi connectivity index (χ3v) is 5.90. The molecule has 1 heterocycles. The van der Waals surface area contributed by atoms with Crippen LogP contribution in [0.15, 0.2) is 40.8 Å². The van der Waals surface area contributed by atoms with E-state index >= 15 is 0 Å². The van der Waals surface area contributed by atoms with Gasteiger partial charge in [0.05, 0.1) is 12.6 Å². The van der Waals surface area contributed by atoms with E-state index in [1.165, 1.54) is 18.2 Å². The number of nitrogens with zero attached hydrogens (tertiary/aromatic N) is 1. The van der Waals surface area contributed by atoms with Gasteiger partial charge in [-0.25, -0.2) is 4.98 Å². The first-order valence-electron chi connectivity index (χ1n) is 10.9. The van der Waals surface area contributed by atoms with E-state index in [0.29, 0.717) is 33.7 Å². The average molecular weight is 526 g/mol. The third-order valence-electron chi connectivity index (χ3n) is 5.31. The number of carbonyl (C=O) groups is 1. The number of ether oxygens (including phenoxy) is 2. The second-order valence-electron chi connectivity index (χ2n) is 8.23. The molecule has 4 rings (SSSR count). The summed E-state index contributed by atoms with van der Waals surface area (Å²) in [5.41, 5.74) is 7.10. The van der Waals surface area contributed by atoms with Crippen LogP contribution in [0.3, 0.4) is 0 Å². The summed E-state index contributed by atoms with van der Waals surface area (Å²) in [6.07, 6.45) is 2.06. The van der Waals surface area contributed by atoms with Crippen LogP contribution in [-0.4, -0.2) is 24.1 Å². The Kier molecular flexibility index (Phi) is 7.78. The fourth-order valence-electron chi connectivity index (χ4n) is 3.29. The van der Waals surface area contributed by atoms with Crippen LogP contribution in [0.4, 0.5) is 8.78 Å². The smallest absolute Gasteiger partial charge is 0.387 e. The summed E-state index contributed by atoms with van der Waals surface area (Å²) in [5, 5.41) is 3.64. The number of nitrogens with two attached hydrogens (primary N) is 1. The maximum absolute atomic E-state index is 12.9. The molecule has 0 radical (unpaired) electrons. The van der Waals surface area contributed by atoms with Crippen LogP contribution in [0.1, 0.15) is 47.6 Å². The topological polar surface area (TPSA) is 99.6 Å². The van der Waals surface area contributed by atoms with Crippen LogP contribution in [0.2, 0.25) is 10.0 Å². The summed E-state index contributed by atoms with van der Waals surface area (Å²) in [7, 11) is 0. The first kappa shape index (κ1) is 25.2. The Morgan fingerprint density at radius 3 is 2.66 bits per heavy atom. The van der Waals surface area contributed by atoms with Crippen molar-refractivity contribution in [3.8, 4) is 23.0 Å². The zero-order chi connectivity index (χ0) is 25.1. The lowest BCUT2D eigenvalue weighted by atomic mass is 10.2. The van der Waals surface area contributed by atoms with Crippen molar-refractivity contribution in [1.29, 1.82) is 0 Å². The van der Waals surface area contributed by atoms with Crippen LogP contribution in [0.25, 0.3) is 11.5 Å². The molecule has 0 saturated heterocycles. The molecule has 1 atom stereocenters. The molecule has 1 amide bonds. The van der Waals surface area contributed by atoms with Crippen molar-refractivity contribution in [3.63, 3.8) is 0 Å². The molecular weight excluding hydrogens is 503 g/mol. The minimum absolute atomic E-state index is 0.00782. The zero-order valence-corrected chi connectivity index (χ0v) is 20.2. The maximum atomic E-state index is 12.9. The number of amides is 1. The molecule has 0 bridgehead atoms. The van der Waals surface area contributed by atoms with E-state index in [9.17, 15) is 13.6 Å². The Hall–Kier alpha value is -2.88. The van der Waals surface area contributed by atoms with Crippen LogP contribution < -0.4 is 20.5 Å². The number of nitrogens with one attached hydrogen (secondary N) is 1. The number of hydrogen-bond donors (Lipinski definition) is 2. The molecule has 1 aliphatic carbocycles. The van der Waals surface area contributed by atoms with Crippen molar-refractivity contribution in [1.82, 2.24) is 10.3 Å². The van der Waals surface area contributed by atoms with Gasteiger partial charge in [-0.1, -0.05) is 29.3 Å².